The summed E-state index contributed by atoms with van der Waals surface area (Å²) in [4.78, 5) is 18.8. The second-order valence-corrected chi connectivity index (χ2v) is 8.28. The summed E-state index contributed by atoms with van der Waals surface area (Å²) in [6.07, 6.45) is 0.371. The number of rotatable bonds is 8. The SMILES string of the molecule is CCN(CC)CCc1ccc2[nH]c(C)c(C(=O)OC(C)c3c(Cl)cccc3Cl)c2c1. The first kappa shape index (κ1) is 22.7. The highest BCUT2D eigenvalue weighted by molar-refractivity contribution is 6.36. The molecule has 30 heavy (non-hydrogen) atoms. The predicted molar refractivity (Wildman–Crippen MR) is 125 cm³/mol. The number of nitrogens with one attached hydrogen (secondary N) is 1. The van der Waals surface area contributed by atoms with E-state index >= 15 is 0 Å². The number of hydrogen-bond donors (Lipinski definition) is 1. The van der Waals surface area contributed by atoms with E-state index in [0.29, 0.717) is 21.2 Å². The van der Waals surface area contributed by atoms with Gasteiger partial charge in [0.1, 0.15) is 6.10 Å². The van der Waals surface area contributed by atoms with E-state index in [0.717, 1.165) is 42.7 Å². The lowest BCUT2D eigenvalue weighted by Crippen LogP contribution is -2.25. The number of esters is 1. The standard InChI is InChI=1S/C24H28Cl2N2O2/c1-5-28(6-2)13-12-17-10-11-21-18(14-17)22(15(3)27-21)24(29)30-16(4)23-19(25)8-7-9-20(23)26/h7-11,14,16,27H,5-6,12-13H2,1-4H3. The number of hydrogen-bond acceptors (Lipinski definition) is 3. The lowest BCUT2D eigenvalue weighted by Gasteiger charge is -2.18. The van der Waals surface area contributed by atoms with E-state index in [4.69, 9.17) is 27.9 Å². The summed E-state index contributed by atoms with van der Waals surface area (Å²) in [5.41, 5.74) is 4.09. The molecular weight excluding hydrogens is 419 g/mol. The van der Waals surface area contributed by atoms with E-state index in [9.17, 15) is 4.79 Å². The normalized spacial score (nSPS) is 12.5. The highest BCUT2D eigenvalue weighted by Gasteiger charge is 2.23. The van der Waals surface area contributed by atoms with Crippen molar-refractivity contribution in [3.8, 4) is 0 Å². The van der Waals surface area contributed by atoms with Gasteiger partial charge in [0.15, 0.2) is 0 Å². The molecule has 1 atom stereocenters. The fourth-order valence-electron chi connectivity index (χ4n) is 3.80. The van der Waals surface area contributed by atoms with Crippen molar-refractivity contribution in [1.82, 2.24) is 9.88 Å². The predicted octanol–water partition coefficient (Wildman–Crippen LogP) is 6.59. The van der Waals surface area contributed by atoms with Gasteiger partial charge in [-0.2, -0.15) is 0 Å². The maximum absolute atomic E-state index is 13.1. The van der Waals surface area contributed by atoms with E-state index in [1.165, 1.54) is 5.56 Å². The van der Waals surface area contributed by atoms with Gasteiger partial charge in [0.05, 0.1) is 5.56 Å². The molecule has 1 N–H and O–H groups in total. The lowest BCUT2D eigenvalue weighted by molar-refractivity contribution is 0.0340. The molecule has 0 amide bonds. The Morgan fingerprint density at radius 3 is 2.43 bits per heavy atom. The maximum Gasteiger partial charge on any atom is 0.341 e. The van der Waals surface area contributed by atoms with Crippen molar-refractivity contribution >= 4 is 40.1 Å². The molecule has 0 aliphatic rings. The lowest BCUT2D eigenvalue weighted by atomic mass is 10.1. The molecule has 1 aromatic heterocycles. The summed E-state index contributed by atoms with van der Waals surface area (Å²) in [6, 6.07) is 11.5. The van der Waals surface area contributed by atoms with Crippen LogP contribution in [-0.4, -0.2) is 35.5 Å². The average Bonchev–Trinajstić information content (AvgIpc) is 3.03. The molecule has 0 radical (unpaired) electrons. The summed E-state index contributed by atoms with van der Waals surface area (Å²) in [5.74, 6) is -0.386. The van der Waals surface area contributed by atoms with Crippen LogP contribution < -0.4 is 0 Å². The van der Waals surface area contributed by atoms with E-state index in [1.807, 2.05) is 13.0 Å². The molecule has 1 unspecified atom stereocenters. The van der Waals surface area contributed by atoms with Gasteiger partial charge in [-0.15, -0.1) is 0 Å². The largest absolute Gasteiger partial charge is 0.454 e. The van der Waals surface area contributed by atoms with Gasteiger partial charge in [-0.3, -0.25) is 0 Å². The second-order valence-electron chi connectivity index (χ2n) is 7.46. The number of aromatic nitrogens is 1. The van der Waals surface area contributed by atoms with Crippen LogP contribution in [0.4, 0.5) is 0 Å². The maximum atomic E-state index is 13.1. The Hall–Kier alpha value is -2.01. The number of benzene rings is 2. The first-order valence-electron chi connectivity index (χ1n) is 10.3. The summed E-state index contributed by atoms with van der Waals surface area (Å²) in [7, 11) is 0. The summed E-state index contributed by atoms with van der Waals surface area (Å²) >= 11 is 12.6. The quantitative estimate of drug-likeness (QED) is 0.397. The molecule has 3 rings (SSSR count). The number of nitrogens with zero attached hydrogens (tertiary/aromatic N) is 1. The van der Waals surface area contributed by atoms with E-state index in [2.05, 4.69) is 35.9 Å². The molecule has 0 spiro atoms. The molecule has 160 valence electrons. The topological polar surface area (TPSA) is 45.3 Å². The zero-order chi connectivity index (χ0) is 21.8. The van der Waals surface area contributed by atoms with Gasteiger partial charge in [0.2, 0.25) is 0 Å². The van der Waals surface area contributed by atoms with E-state index in [1.54, 1.807) is 25.1 Å². The number of carbonyl (C=O) groups excluding carboxylic acids is 1. The Kier molecular flexibility index (Phi) is 7.45. The first-order chi connectivity index (χ1) is 14.3. The molecule has 0 saturated carbocycles. The monoisotopic (exact) mass is 446 g/mol. The molecule has 0 bridgehead atoms. The molecule has 4 nitrogen and oxygen atoms in total. The Labute approximate surface area is 188 Å². The van der Waals surface area contributed by atoms with Crippen LogP contribution in [0.25, 0.3) is 10.9 Å². The molecule has 6 heteroatoms. The number of ether oxygens (including phenoxy) is 1. The Bertz CT molecular complexity index is 1020. The minimum absolute atomic E-state index is 0.386. The zero-order valence-corrected chi connectivity index (χ0v) is 19.4. The van der Waals surface area contributed by atoms with Crippen molar-refractivity contribution in [3.05, 3.63) is 68.8 Å². The molecular formula is C24H28Cl2N2O2. The van der Waals surface area contributed by atoms with Crippen molar-refractivity contribution in [2.24, 2.45) is 0 Å². The number of carbonyl (C=O) groups is 1. The number of fused-ring (bicyclic) bond motifs is 1. The molecule has 0 saturated heterocycles. The number of likely N-dealkylation sites (N-methyl/N-ethyl adjacent to an activating group) is 1. The van der Waals surface area contributed by atoms with Crippen molar-refractivity contribution in [3.63, 3.8) is 0 Å². The van der Waals surface area contributed by atoms with Crippen molar-refractivity contribution in [2.75, 3.05) is 19.6 Å². The number of H-pyrrole nitrogens is 1. The van der Waals surface area contributed by atoms with Gasteiger partial charge in [0.25, 0.3) is 0 Å². The van der Waals surface area contributed by atoms with Crippen molar-refractivity contribution in [2.45, 2.75) is 40.2 Å². The van der Waals surface area contributed by atoms with Gasteiger partial charge in [0, 0.05) is 38.8 Å². The van der Waals surface area contributed by atoms with Crippen LogP contribution in [0.15, 0.2) is 36.4 Å². The van der Waals surface area contributed by atoms with Crippen LogP contribution in [0.1, 0.15) is 54.1 Å². The average molecular weight is 447 g/mol. The third-order valence-corrected chi connectivity index (χ3v) is 6.21. The smallest absolute Gasteiger partial charge is 0.341 e. The molecule has 0 aliphatic heterocycles. The van der Waals surface area contributed by atoms with E-state index in [-0.39, 0.29) is 5.97 Å². The van der Waals surface area contributed by atoms with Gasteiger partial charge in [-0.1, -0.05) is 49.2 Å². The van der Waals surface area contributed by atoms with Crippen LogP contribution in [-0.2, 0) is 11.2 Å². The summed E-state index contributed by atoms with van der Waals surface area (Å²) in [6.45, 7) is 11.1. The minimum Gasteiger partial charge on any atom is -0.454 e. The molecule has 1 heterocycles. The number of aryl methyl sites for hydroxylation is 1. The minimum atomic E-state index is -0.561. The Morgan fingerprint density at radius 2 is 1.80 bits per heavy atom. The van der Waals surface area contributed by atoms with Crippen LogP contribution in [0, 0.1) is 6.92 Å². The van der Waals surface area contributed by atoms with Crippen LogP contribution in [0.5, 0.6) is 0 Å². The molecule has 0 fully saturated rings. The number of halogens is 2. The van der Waals surface area contributed by atoms with Crippen LogP contribution in [0.2, 0.25) is 10.0 Å². The van der Waals surface area contributed by atoms with Gasteiger partial charge >= 0.3 is 5.97 Å². The fourth-order valence-corrected chi connectivity index (χ4v) is 4.50. The number of aromatic amines is 1. The highest BCUT2D eigenvalue weighted by atomic mass is 35.5. The summed E-state index contributed by atoms with van der Waals surface area (Å²) in [5, 5.41) is 1.85. The van der Waals surface area contributed by atoms with Crippen LogP contribution >= 0.6 is 23.2 Å². The third kappa shape index (κ3) is 4.83. The van der Waals surface area contributed by atoms with Gasteiger partial charge in [-0.05, 0) is 63.2 Å². The molecule has 2 aromatic carbocycles. The Morgan fingerprint density at radius 1 is 1.13 bits per heavy atom. The molecule has 0 aliphatic carbocycles. The van der Waals surface area contributed by atoms with Crippen LogP contribution in [0.3, 0.4) is 0 Å². The Balaban J connectivity index is 1.86. The zero-order valence-electron chi connectivity index (χ0n) is 17.9. The van der Waals surface area contributed by atoms with Gasteiger partial charge in [-0.25, -0.2) is 4.79 Å². The summed E-state index contributed by atoms with van der Waals surface area (Å²) < 4.78 is 5.77. The van der Waals surface area contributed by atoms with Gasteiger partial charge < -0.3 is 14.6 Å². The fraction of sp³-hybridized carbons (Fsp3) is 0.375. The van der Waals surface area contributed by atoms with Crippen molar-refractivity contribution < 1.29 is 9.53 Å². The first-order valence-corrected chi connectivity index (χ1v) is 11.1. The van der Waals surface area contributed by atoms with Crippen molar-refractivity contribution in [1.29, 1.82) is 0 Å². The second kappa shape index (κ2) is 9.86. The molecule has 3 aromatic rings. The van der Waals surface area contributed by atoms with E-state index < -0.39 is 6.10 Å². The third-order valence-electron chi connectivity index (χ3n) is 5.56. The highest BCUT2D eigenvalue weighted by Crippen LogP contribution is 2.33.